The van der Waals surface area contributed by atoms with Gasteiger partial charge in [-0.05, 0) is 49.2 Å². The van der Waals surface area contributed by atoms with Crippen LogP contribution in [0.3, 0.4) is 0 Å². The summed E-state index contributed by atoms with van der Waals surface area (Å²) in [5, 5.41) is 8.11. The van der Waals surface area contributed by atoms with Crippen LogP contribution < -0.4 is 20.3 Å². The third-order valence-electron chi connectivity index (χ3n) is 5.50. The highest BCUT2D eigenvalue weighted by atomic mass is 79.9. The zero-order valence-corrected chi connectivity index (χ0v) is 25.7. The molecule has 0 spiro atoms. The third-order valence-corrected chi connectivity index (χ3v) is 6.49. The van der Waals surface area contributed by atoms with E-state index in [0.29, 0.717) is 37.6 Å². The molecule has 40 heavy (non-hydrogen) atoms. The predicted octanol–water partition coefficient (Wildman–Crippen LogP) is 7.06. The zero-order valence-electron chi connectivity index (χ0n) is 22.5. The van der Waals surface area contributed by atoms with Gasteiger partial charge in [-0.2, -0.15) is 10.2 Å². The van der Waals surface area contributed by atoms with Crippen LogP contribution in [0.4, 0.5) is 0 Å². The van der Waals surface area contributed by atoms with Crippen molar-refractivity contribution in [3.05, 3.63) is 81.8 Å². The van der Waals surface area contributed by atoms with Gasteiger partial charge in [-0.3, -0.25) is 9.59 Å². The molecule has 0 aliphatic heterocycles. The fourth-order valence-electron chi connectivity index (χ4n) is 3.54. The van der Waals surface area contributed by atoms with Crippen molar-refractivity contribution in [2.45, 2.75) is 51.4 Å². The van der Waals surface area contributed by atoms with E-state index in [2.05, 4.69) is 66.1 Å². The van der Waals surface area contributed by atoms with E-state index in [9.17, 15) is 9.59 Å². The number of hydrogen-bond donors (Lipinski definition) is 2. The average molecular weight is 676 g/mol. The van der Waals surface area contributed by atoms with Gasteiger partial charge in [0.05, 0.1) is 12.4 Å². The molecule has 2 aromatic rings. The first-order chi connectivity index (χ1) is 19.4. The number of halogens is 2. The summed E-state index contributed by atoms with van der Waals surface area (Å²) in [6.45, 7) is 8.07. The number of carbonyl (C=O) groups is 2. The number of hydrazone groups is 2. The highest BCUT2D eigenvalue weighted by molar-refractivity contribution is 9.10. The zero-order chi connectivity index (χ0) is 29.0. The van der Waals surface area contributed by atoms with Crippen molar-refractivity contribution in [1.82, 2.24) is 10.9 Å². The smallest absolute Gasteiger partial charge is 0.240 e. The Bertz CT molecular complexity index is 1090. The number of hydrogen-bond acceptors (Lipinski definition) is 6. The number of carbonyl (C=O) groups excluding carboxylic acids is 2. The van der Waals surface area contributed by atoms with Gasteiger partial charge < -0.3 is 9.47 Å². The number of nitrogens with zero attached hydrogens (tertiary/aromatic N) is 2. The Balaban J connectivity index is 1.56. The van der Waals surface area contributed by atoms with E-state index in [1.165, 1.54) is 0 Å². The first-order valence-electron chi connectivity index (χ1n) is 13.1. The first kappa shape index (κ1) is 33.0. The predicted molar refractivity (Wildman–Crippen MR) is 168 cm³/mol. The standard InChI is InChI=1S/C30H36Br2N4O4/c1-3-17-39-27-15-13-25(31)19-23(27)21-33-35-29(37)11-9-7-5-6-8-10-12-30(38)36-34-22-24-20-26(32)14-16-28(24)40-18-4-2/h3-4,13-16,19-22H,1-2,5-12,17-18H2,(H,35,37)(H,36,38). The SMILES string of the molecule is C=CCOc1ccc(Br)cc1C=NNC(=O)CCCCCCCCC(=O)NN=Cc1cc(Br)ccc1OCC=C. The molecule has 0 bridgehead atoms. The van der Waals surface area contributed by atoms with Gasteiger partial charge in [0.25, 0.3) is 0 Å². The Labute approximate surface area is 253 Å². The lowest BCUT2D eigenvalue weighted by Crippen LogP contribution is -2.17. The van der Waals surface area contributed by atoms with Crippen molar-refractivity contribution in [1.29, 1.82) is 0 Å². The molecule has 0 radical (unpaired) electrons. The van der Waals surface area contributed by atoms with Crippen LogP contribution in [0.2, 0.25) is 0 Å². The van der Waals surface area contributed by atoms with Crippen LogP contribution in [0, 0.1) is 0 Å². The first-order valence-corrected chi connectivity index (χ1v) is 14.7. The molecule has 0 saturated carbocycles. The molecule has 8 nitrogen and oxygen atoms in total. The van der Waals surface area contributed by atoms with Crippen LogP contribution in [-0.2, 0) is 9.59 Å². The van der Waals surface area contributed by atoms with Crippen LogP contribution in [0.15, 0.2) is 80.9 Å². The maximum Gasteiger partial charge on any atom is 0.240 e. The fraction of sp³-hybridized carbons (Fsp3) is 0.333. The topological polar surface area (TPSA) is 101 Å². The second-order valence-corrected chi connectivity index (χ2v) is 10.6. The minimum absolute atomic E-state index is 0.126. The molecule has 2 N–H and O–H groups in total. The summed E-state index contributed by atoms with van der Waals surface area (Å²) < 4.78 is 13.0. The number of unbranched alkanes of at least 4 members (excludes halogenated alkanes) is 5. The average Bonchev–Trinajstić information content (AvgIpc) is 2.93. The molecule has 0 saturated heterocycles. The van der Waals surface area contributed by atoms with Gasteiger partial charge in [-0.1, -0.05) is 82.9 Å². The minimum Gasteiger partial charge on any atom is -0.489 e. The molecule has 0 aliphatic rings. The molecule has 0 unspecified atom stereocenters. The Kier molecular flexibility index (Phi) is 16.3. The van der Waals surface area contributed by atoms with Crippen molar-refractivity contribution < 1.29 is 19.1 Å². The Morgan fingerprint density at radius 3 is 1.50 bits per heavy atom. The Hall–Kier alpha value is -3.24. The van der Waals surface area contributed by atoms with Gasteiger partial charge in [-0.15, -0.1) is 0 Å². The van der Waals surface area contributed by atoms with Crippen molar-refractivity contribution in [3.63, 3.8) is 0 Å². The van der Waals surface area contributed by atoms with E-state index < -0.39 is 0 Å². The van der Waals surface area contributed by atoms with Crippen LogP contribution in [-0.4, -0.2) is 37.5 Å². The maximum atomic E-state index is 12.1. The normalized spacial score (nSPS) is 10.9. The second-order valence-electron chi connectivity index (χ2n) is 8.77. The van der Waals surface area contributed by atoms with Gasteiger partial charge in [0.15, 0.2) is 0 Å². The summed E-state index contributed by atoms with van der Waals surface area (Å²) in [5.41, 5.74) is 6.65. The molecule has 0 aliphatic carbocycles. The van der Waals surface area contributed by atoms with Crippen LogP contribution in [0.25, 0.3) is 0 Å². The van der Waals surface area contributed by atoms with Crippen molar-refractivity contribution in [2.24, 2.45) is 10.2 Å². The molecule has 2 aromatic carbocycles. The summed E-state index contributed by atoms with van der Waals surface area (Å²) in [6, 6.07) is 11.2. The number of ether oxygens (including phenoxy) is 2. The molecular formula is C30H36Br2N4O4. The molecule has 10 heteroatoms. The van der Waals surface area contributed by atoms with E-state index in [0.717, 1.165) is 58.6 Å². The molecule has 2 amide bonds. The van der Waals surface area contributed by atoms with E-state index in [4.69, 9.17) is 9.47 Å². The lowest BCUT2D eigenvalue weighted by atomic mass is 10.1. The summed E-state index contributed by atoms with van der Waals surface area (Å²) >= 11 is 6.86. The summed E-state index contributed by atoms with van der Waals surface area (Å²) in [5.74, 6) is 1.07. The highest BCUT2D eigenvalue weighted by Gasteiger charge is 2.05. The Morgan fingerprint density at radius 1 is 0.700 bits per heavy atom. The quantitative estimate of drug-likeness (QED) is 0.0720. The van der Waals surface area contributed by atoms with E-state index >= 15 is 0 Å². The van der Waals surface area contributed by atoms with Crippen molar-refractivity contribution in [3.8, 4) is 11.5 Å². The molecule has 0 heterocycles. The third kappa shape index (κ3) is 13.7. The highest BCUT2D eigenvalue weighted by Crippen LogP contribution is 2.23. The van der Waals surface area contributed by atoms with E-state index in [-0.39, 0.29) is 11.8 Å². The van der Waals surface area contributed by atoms with Crippen molar-refractivity contribution >= 4 is 56.1 Å². The van der Waals surface area contributed by atoms with Gasteiger partial charge in [0, 0.05) is 32.9 Å². The number of rotatable bonds is 19. The minimum atomic E-state index is -0.126. The molecule has 214 valence electrons. The monoisotopic (exact) mass is 674 g/mol. The van der Waals surface area contributed by atoms with Crippen molar-refractivity contribution in [2.75, 3.05) is 13.2 Å². The largest absolute Gasteiger partial charge is 0.489 e. The van der Waals surface area contributed by atoms with Gasteiger partial charge in [-0.25, -0.2) is 10.9 Å². The van der Waals surface area contributed by atoms with Gasteiger partial charge >= 0.3 is 0 Å². The van der Waals surface area contributed by atoms with Crippen LogP contribution in [0.1, 0.15) is 62.5 Å². The summed E-state index contributed by atoms with van der Waals surface area (Å²) in [4.78, 5) is 24.2. The molecule has 0 atom stereocenters. The molecule has 0 fully saturated rings. The number of amides is 2. The second kappa shape index (κ2) is 19.8. The fourth-order valence-corrected chi connectivity index (χ4v) is 4.30. The number of nitrogens with one attached hydrogen (secondary N) is 2. The van der Waals surface area contributed by atoms with Crippen LogP contribution >= 0.6 is 31.9 Å². The Morgan fingerprint density at radius 2 is 1.10 bits per heavy atom. The number of benzene rings is 2. The van der Waals surface area contributed by atoms with Gasteiger partial charge in [0.2, 0.25) is 11.8 Å². The molecular weight excluding hydrogens is 640 g/mol. The van der Waals surface area contributed by atoms with Crippen LogP contribution in [0.5, 0.6) is 11.5 Å². The summed E-state index contributed by atoms with van der Waals surface area (Å²) in [6.07, 6.45) is 12.8. The van der Waals surface area contributed by atoms with Gasteiger partial charge in [0.1, 0.15) is 24.7 Å². The summed E-state index contributed by atoms with van der Waals surface area (Å²) in [7, 11) is 0. The molecule has 0 aromatic heterocycles. The molecule has 2 rings (SSSR count). The maximum absolute atomic E-state index is 12.1. The lowest BCUT2D eigenvalue weighted by molar-refractivity contribution is -0.122. The van der Waals surface area contributed by atoms with E-state index in [1.54, 1.807) is 24.6 Å². The van der Waals surface area contributed by atoms with E-state index in [1.807, 2.05) is 36.4 Å². The lowest BCUT2D eigenvalue weighted by Gasteiger charge is -2.07.